The van der Waals surface area contributed by atoms with Gasteiger partial charge in [-0.2, -0.15) is 0 Å². The standard InChI is InChI=1S/C7H14.C5H10.C3H6/c1-4-5-6-7(2)3;1-4-5(2)3;1-3-2/h2,4-6H2,1,3H3;2,4H2,1,3H3;3H,1H2,2H3. The van der Waals surface area contributed by atoms with Crippen molar-refractivity contribution in [3.05, 3.63) is 37.0 Å². The normalized spacial score (nSPS) is 7.53. The van der Waals surface area contributed by atoms with Gasteiger partial charge in [0.1, 0.15) is 0 Å². The highest BCUT2D eigenvalue weighted by Gasteiger charge is 1.81. The summed E-state index contributed by atoms with van der Waals surface area (Å²) in [6, 6.07) is 0. The second-order valence-corrected chi connectivity index (χ2v) is 3.78. The molecule has 0 saturated carbocycles. The molecule has 0 bridgehead atoms. The van der Waals surface area contributed by atoms with Gasteiger partial charge in [0, 0.05) is 0 Å². The Morgan fingerprint density at radius 1 is 1.07 bits per heavy atom. The highest BCUT2D eigenvalue weighted by molar-refractivity contribution is 4.86. The molecule has 0 aliphatic carbocycles. The minimum Gasteiger partial charge on any atom is -0.103 e. The molecule has 0 aliphatic rings. The Bertz CT molecular complexity index is 151. The van der Waals surface area contributed by atoms with Gasteiger partial charge in [-0.15, -0.1) is 19.7 Å². The number of unbranched alkanes of at least 4 members (excludes halogenated alkanes) is 1. The van der Waals surface area contributed by atoms with Gasteiger partial charge in [-0.1, -0.05) is 37.5 Å². The molecule has 0 heteroatoms. The zero-order valence-corrected chi connectivity index (χ0v) is 11.5. The van der Waals surface area contributed by atoms with Gasteiger partial charge in [-0.25, -0.2) is 0 Å². The van der Waals surface area contributed by atoms with Crippen LogP contribution in [0, 0.1) is 0 Å². The van der Waals surface area contributed by atoms with Crippen LogP contribution >= 0.6 is 0 Å². The first-order valence-electron chi connectivity index (χ1n) is 5.81. The van der Waals surface area contributed by atoms with E-state index in [9.17, 15) is 0 Å². The van der Waals surface area contributed by atoms with Crippen molar-refractivity contribution in [3.8, 4) is 0 Å². The largest absolute Gasteiger partial charge is 0.103 e. The van der Waals surface area contributed by atoms with Crippen molar-refractivity contribution in [2.24, 2.45) is 0 Å². The predicted octanol–water partition coefficient (Wildman–Crippen LogP) is 5.92. The Morgan fingerprint density at radius 2 is 1.40 bits per heavy atom. The quantitative estimate of drug-likeness (QED) is 0.505. The van der Waals surface area contributed by atoms with E-state index in [1.165, 1.54) is 30.4 Å². The molecule has 15 heavy (non-hydrogen) atoms. The van der Waals surface area contributed by atoms with Crippen LogP contribution in [-0.4, -0.2) is 0 Å². The van der Waals surface area contributed by atoms with E-state index in [2.05, 4.69) is 40.5 Å². The van der Waals surface area contributed by atoms with Crippen molar-refractivity contribution in [1.82, 2.24) is 0 Å². The monoisotopic (exact) mass is 210 g/mol. The molecule has 0 amide bonds. The smallest absolute Gasteiger partial charge is 0.0326 e. The van der Waals surface area contributed by atoms with Crippen LogP contribution in [-0.2, 0) is 0 Å². The molecule has 0 spiro atoms. The van der Waals surface area contributed by atoms with Gasteiger partial charge in [0.25, 0.3) is 0 Å². The first kappa shape index (κ1) is 19.7. The summed E-state index contributed by atoms with van der Waals surface area (Å²) in [7, 11) is 0. The molecule has 0 fully saturated rings. The van der Waals surface area contributed by atoms with Crippen LogP contribution in [0.5, 0.6) is 0 Å². The van der Waals surface area contributed by atoms with Crippen molar-refractivity contribution >= 4 is 0 Å². The van der Waals surface area contributed by atoms with Gasteiger partial charge >= 0.3 is 0 Å². The minimum atomic E-state index is 1.11. The third kappa shape index (κ3) is 61.1. The molecular formula is C15H30. The van der Waals surface area contributed by atoms with Gasteiger partial charge in [-0.3, -0.25) is 0 Å². The second-order valence-electron chi connectivity index (χ2n) is 3.78. The molecule has 0 aliphatic heterocycles. The summed E-state index contributed by atoms with van der Waals surface area (Å²) in [5.74, 6) is 0. The van der Waals surface area contributed by atoms with E-state index in [1.807, 2.05) is 13.8 Å². The van der Waals surface area contributed by atoms with Crippen LogP contribution in [0.25, 0.3) is 0 Å². The average molecular weight is 210 g/mol. The number of allylic oxidation sites excluding steroid dienone is 3. The van der Waals surface area contributed by atoms with E-state index >= 15 is 0 Å². The van der Waals surface area contributed by atoms with Gasteiger partial charge in [0.2, 0.25) is 0 Å². The zero-order valence-electron chi connectivity index (χ0n) is 11.5. The Balaban J connectivity index is -0.000000158. The fraction of sp³-hybridized carbons (Fsp3) is 0.600. The molecule has 0 radical (unpaired) electrons. The average Bonchev–Trinajstić information content (AvgIpc) is 2.16. The molecule has 0 aromatic carbocycles. The first-order chi connectivity index (χ1) is 6.95. The molecule has 0 saturated heterocycles. The van der Waals surface area contributed by atoms with E-state index in [4.69, 9.17) is 0 Å². The molecule has 0 atom stereocenters. The van der Waals surface area contributed by atoms with Crippen molar-refractivity contribution in [3.63, 3.8) is 0 Å². The first-order valence-corrected chi connectivity index (χ1v) is 5.81. The second kappa shape index (κ2) is 18.9. The van der Waals surface area contributed by atoms with Crippen LogP contribution in [0.1, 0.15) is 60.3 Å². The molecule has 90 valence electrons. The Morgan fingerprint density at radius 3 is 1.47 bits per heavy atom. The van der Waals surface area contributed by atoms with Crippen LogP contribution in [0.2, 0.25) is 0 Å². The molecule has 0 rings (SSSR count). The predicted molar refractivity (Wildman–Crippen MR) is 75.3 cm³/mol. The maximum absolute atomic E-state index is 3.79. The highest BCUT2D eigenvalue weighted by Crippen LogP contribution is 2.01. The lowest BCUT2D eigenvalue weighted by Crippen LogP contribution is -1.71. The zero-order chi connectivity index (χ0) is 12.7. The third-order valence-corrected chi connectivity index (χ3v) is 1.56. The summed E-state index contributed by atoms with van der Waals surface area (Å²) in [4.78, 5) is 0. The Kier molecular flexibility index (Phi) is 24.9. The third-order valence-electron chi connectivity index (χ3n) is 1.56. The number of rotatable bonds is 4. The van der Waals surface area contributed by atoms with E-state index in [0.717, 1.165) is 6.42 Å². The summed E-state index contributed by atoms with van der Waals surface area (Å²) in [6.07, 6.45) is 6.65. The van der Waals surface area contributed by atoms with Crippen LogP contribution in [0.15, 0.2) is 37.0 Å². The fourth-order valence-electron chi connectivity index (χ4n) is 0.479. The van der Waals surface area contributed by atoms with Gasteiger partial charge in [0.05, 0.1) is 0 Å². The fourth-order valence-corrected chi connectivity index (χ4v) is 0.479. The Labute approximate surface area is 97.8 Å². The van der Waals surface area contributed by atoms with Crippen molar-refractivity contribution in [2.75, 3.05) is 0 Å². The lowest BCUT2D eigenvalue weighted by molar-refractivity contribution is 0.789. The minimum absolute atomic E-state index is 1.11. The van der Waals surface area contributed by atoms with E-state index < -0.39 is 0 Å². The number of hydrogen-bond acceptors (Lipinski definition) is 0. The summed E-state index contributed by atoms with van der Waals surface area (Å²) >= 11 is 0. The van der Waals surface area contributed by atoms with E-state index in [1.54, 1.807) is 6.08 Å². The summed E-state index contributed by atoms with van der Waals surface area (Å²) in [5.41, 5.74) is 2.56. The van der Waals surface area contributed by atoms with E-state index in [0.29, 0.717) is 0 Å². The molecule has 0 aromatic rings. The van der Waals surface area contributed by atoms with Crippen LogP contribution in [0.3, 0.4) is 0 Å². The Hall–Kier alpha value is -0.780. The molecule has 0 unspecified atom stereocenters. The van der Waals surface area contributed by atoms with E-state index in [-0.39, 0.29) is 0 Å². The summed E-state index contributed by atoms with van der Waals surface area (Å²) < 4.78 is 0. The lowest BCUT2D eigenvalue weighted by atomic mass is 10.2. The SMILES string of the molecule is C=C(C)CC.C=C(C)CCCC.C=CC. The molecule has 0 nitrogen and oxygen atoms in total. The summed E-state index contributed by atoms with van der Waals surface area (Å²) in [6.45, 7) is 21.1. The van der Waals surface area contributed by atoms with Crippen LogP contribution < -0.4 is 0 Å². The van der Waals surface area contributed by atoms with Gasteiger partial charge < -0.3 is 0 Å². The molecule has 0 aromatic heterocycles. The van der Waals surface area contributed by atoms with Gasteiger partial charge in [-0.05, 0) is 40.0 Å². The highest BCUT2D eigenvalue weighted by atomic mass is 13.9. The van der Waals surface area contributed by atoms with Gasteiger partial charge in [0.15, 0.2) is 0 Å². The van der Waals surface area contributed by atoms with Crippen molar-refractivity contribution < 1.29 is 0 Å². The number of hydrogen-bond donors (Lipinski definition) is 0. The summed E-state index contributed by atoms with van der Waals surface area (Å²) in [5, 5.41) is 0. The molecule has 0 N–H and O–H groups in total. The maximum atomic E-state index is 3.79. The molecule has 0 heterocycles. The maximum Gasteiger partial charge on any atom is -0.0326 e. The van der Waals surface area contributed by atoms with Crippen molar-refractivity contribution in [2.45, 2.75) is 60.3 Å². The molecular weight excluding hydrogens is 180 g/mol. The topological polar surface area (TPSA) is 0 Å². The lowest BCUT2D eigenvalue weighted by Gasteiger charge is -1.91. The van der Waals surface area contributed by atoms with Crippen LogP contribution in [0.4, 0.5) is 0 Å². The van der Waals surface area contributed by atoms with Crippen molar-refractivity contribution in [1.29, 1.82) is 0 Å².